The predicted octanol–water partition coefficient (Wildman–Crippen LogP) is 1.58. The average molecular weight is 197 g/mol. The molecule has 0 saturated heterocycles. The summed E-state index contributed by atoms with van der Waals surface area (Å²) in [6.45, 7) is 0. The molecule has 1 unspecified atom stereocenters. The molecule has 0 aliphatic carbocycles. The van der Waals surface area contributed by atoms with Gasteiger partial charge in [0.2, 0.25) is 0 Å². The molecule has 1 rings (SSSR count). The Morgan fingerprint density at radius 1 is 1.62 bits per heavy atom. The minimum absolute atomic E-state index is 0.00273. The van der Waals surface area contributed by atoms with Gasteiger partial charge < -0.3 is 0 Å². The van der Waals surface area contributed by atoms with Crippen LogP contribution in [0.3, 0.4) is 0 Å². The largest absolute Gasteiger partial charge is 0.260 e. The second-order valence-electron chi connectivity index (χ2n) is 2.61. The van der Waals surface area contributed by atoms with Gasteiger partial charge in [0.15, 0.2) is 0 Å². The van der Waals surface area contributed by atoms with Gasteiger partial charge in [-0.05, 0) is 6.07 Å². The zero-order chi connectivity index (χ0) is 9.84. The molecule has 1 aromatic rings. The number of halogens is 1. The molecule has 1 atom stereocenters. The maximum Gasteiger partial charge on any atom is 0.145 e. The van der Waals surface area contributed by atoms with Gasteiger partial charge in [-0.3, -0.25) is 4.21 Å². The fourth-order valence-corrected chi connectivity index (χ4v) is 1.66. The van der Waals surface area contributed by atoms with Crippen molar-refractivity contribution in [2.45, 2.75) is 5.75 Å². The quantitative estimate of drug-likeness (QED) is 0.722. The molecule has 0 saturated carbocycles. The summed E-state index contributed by atoms with van der Waals surface area (Å²) >= 11 is 0. The van der Waals surface area contributed by atoms with Gasteiger partial charge in [0.05, 0.1) is 11.3 Å². The molecule has 0 aromatic heterocycles. The van der Waals surface area contributed by atoms with E-state index in [1.807, 2.05) is 0 Å². The smallest absolute Gasteiger partial charge is 0.145 e. The van der Waals surface area contributed by atoms with Gasteiger partial charge in [0.1, 0.15) is 11.9 Å². The summed E-state index contributed by atoms with van der Waals surface area (Å²) < 4.78 is 24.1. The first-order valence-electron chi connectivity index (χ1n) is 3.62. The number of hydrogen-bond acceptors (Lipinski definition) is 2. The third kappa shape index (κ3) is 2.36. The molecule has 0 bridgehead atoms. The second kappa shape index (κ2) is 4.15. The Bertz CT molecular complexity index is 384. The maximum absolute atomic E-state index is 13.3. The van der Waals surface area contributed by atoms with Gasteiger partial charge in [-0.15, -0.1) is 0 Å². The molecule has 4 heteroatoms. The van der Waals surface area contributed by atoms with Crippen molar-refractivity contribution in [1.29, 1.82) is 5.26 Å². The molecule has 1 aromatic carbocycles. The molecule has 68 valence electrons. The van der Waals surface area contributed by atoms with Crippen LogP contribution in [0.4, 0.5) is 4.39 Å². The molecule has 13 heavy (non-hydrogen) atoms. The molecule has 0 N–H and O–H groups in total. The minimum Gasteiger partial charge on any atom is -0.260 e. The van der Waals surface area contributed by atoms with Crippen molar-refractivity contribution in [3.63, 3.8) is 0 Å². The van der Waals surface area contributed by atoms with Gasteiger partial charge in [-0.1, -0.05) is 12.1 Å². The summed E-state index contributed by atoms with van der Waals surface area (Å²) in [4.78, 5) is 0. The van der Waals surface area contributed by atoms with Crippen molar-refractivity contribution in [2.75, 3.05) is 6.26 Å². The number of hydrogen-bond donors (Lipinski definition) is 0. The van der Waals surface area contributed by atoms with Crippen molar-refractivity contribution in [2.24, 2.45) is 0 Å². The summed E-state index contributed by atoms with van der Waals surface area (Å²) in [6, 6.07) is 6.26. The summed E-state index contributed by atoms with van der Waals surface area (Å²) in [7, 11) is -1.09. The van der Waals surface area contributed by atoms with E-state index in [-0.39, 0.29) is 11.3 Å². The molecule has 0 aliphatic heterocycles. The van der Waals surface area contributed by atoms with E-state index in [0.29, 0.717) is 5.56 Å². The van der Waals surface area contributed by atoms with Crippen LogP contribution in [0.1, 0.15) is 11.1 Å². The van der Waals surface area contributed by atoms with Crippen LogP contribution in [-0.2, 0) is 16.6 Å². The molecule has 0 amide bonds. The molecule has 2 nitrogen and oxygen atoms in total. The highest BCUT2D eigenvalue weighted by molar-refractivity contribution is 7.83. The van der Waals surface area contributed by atoms with E-state index < -0.39 is 16.6 Å². The highest BCUT2D eigenvalue weighted by atomic mass is 32.2. The van der Waals surface area contributed by atoms with Crippen LogP contribution in [0.5, 0.6) is 0 Å². The lowest BCUT2D eigenvalue weighted by atomic mass is 10.1. The van der Waals surface area contributed by atoms with Crippen molar-refractivity contribution in [3.8, 4) is 6.07 Å². The van der Waals surface area contributed by atoms with E-state index in [0.717, 1.165) is 0 Å². The van der Waals surface area contributed by atoms with Gasteiger partial charge in [0.25, 0.3) is 0 Å². The monoisotopic (exact) mass is 197 g/mol. The van der Waals surface area contributed by atoms with Crippen LogP contribution >= 0.6 is 0 Å². The summed E-state index contributed by atoms with van der Waals surface area (Å²) in [6.07, 6.45) is 1.50. The maximum atomic E-state index is 13.3. The highest BCUT2D eigenvalue weighted by Crippen LogP contribution is 2.13. The van der Waals surface area contributed by atoms with Crippen molar-refractivity contribution >= 4 is 10.8 Å². The van der Waals surface area contributed by atoms with Gasteiger partial charge in [0, 0.05) is 22.6 Å². The zero-order valence-corrected chi connectivity index (χ0v) is 7.90. The first kappa shape index (κ1) is 9.87. The van der Waals surface area contributed by atoms with Crippen LogP contribution in [-0.4, -0.2) is 10.5 Å². The standard InChI is InChI=1S/C9H8FNOS/c1-13(12)6-8-4-2-3-7(5-11)9(8)10/h2-4H,6H2,1H3. The molecular formula is C9H8FNOS. The number of nitriles is 1. The van der Waals surface area contributed by atoms with Crippen LogP contribution in [0.15, 0.2) is 18.2 Å². The highest BCUT2D eigenvalue weighted by Gasteiger charge is 2.07. The Morgan fingerprint density at radius 2 is 2.31 bits per heavy atom. The van der Waals surface area contributed by atoms with E-state index in [2.05, 4.69) is 0 Å². The predicted molar refractivity (Wildman–Crippen MR) is 48.9 cm³/mol. The molecular weight excluding hydrogens is 189 g/mol. The minimum atomic E-state index is -1.09. The normalized spacial score (nSPS) is 12.1. The van der Waals surface area contributed by atoms with Gasteiger partial charge in [-0.2, -0.15) is 5.26 Å². The molecule has 0 heterocycles. The van der Waals surface area contributed by atoms with Crippen LogP contribution < -0.4 is 0 Å². The number of rotatable bonds is 2. The van der Waals surface area contributed by atoms with E-state index in [9.17, 15) is 8.60 Å². The summed E-state index contributed by atoms with van der Waals surface area (Å²) in [5, 5.41) is 8.51. The van der Waals surface area contributed by atoms with Crippen molar-refractivity contribution in [1.82, 2.24) is 0 Å². The molecule has 0 spiro atoms. The lowest BCUT2D eigenvalue weighted by Crippen LogP contribution is -1.97. The van der Waals surface area contributed by atoms with Crippen molar-refractivity contribution < 1.29 is 8.60 Å². The topological polar surface area (TPSA) is 40.9 Å². The Balaban J connectivity index is 3.10. The van der Waals surface area contributed by atoms with Gasteiger partial charge in [-0.25, -0.2) is 4.39 Å². The third-order valence-electron chi connectivity index (χ3n) is 1.56. The van der Waals surface area contributed by atoms with Crippen LogP contribution in [0, 0.1) is 17.1 Å². The lowest BCUT2D eigenvalue weighted by molar-refractivity contribution is 0.611. The van der Waals surface area contributed by atoms with Crippen molar-refractivity contribution in [3.05, 3.63) is 35.1 Å². The number of nitrogens with zero attached hydrogens (tertiary/aromatic N) is 1. The summed E-state index contributed by atoms with van der Waals surface area (Å²) in [5.74, 6) is -0.401. The molecule has 0 aliphatic rings. The average Bonchev–Trinajstić information content (AvgIpc) is 2.08. The fraction of sp³-hybridized carbons (Fsp3) is 0.222. The van der Waals surface area contributed by atoms with Crippen LogP contribution in [0.2, 0.25) is 0 Å². The van der Waals surface area contributed by atoms with E-state index in [1.54, 1.807) is 12.1 Å². The Morgan fingerprint density at radius 3 is 2.85 bits per heavy atom. The van der Waals surface area contributed by atoms with Gasteiger partial charge >= 0.3 is 0 Å². The van der Waals surface area contributed by atoms with E-state index >= 15 is 0 Å². The van der Waals surface area contributed by atoms with Crippen LogP contribution in [0.25, 0.3) is 0 Å². The molecule has 0 radical (unpaired) electrons. The Kier molecular flexibility index (Phi) is 3.15. The van der Waals surface area contributed by atoms with E-state index in [1.165, 1.54) is 18.4 Å². The zero-order valence-electron chi connectivity index (χ0n) is 7.08. The SMILES string of the molecule is CS(=O)Cc1cccc(C#N)c1F. The lowest BCUT2D eigenvalue weighted by Gasteiger charge is -2.00. The summed E-state index contributed by atoms with van der Waals surface area (Å²) in [5.41, 5.74) is 0.336. The molecule has 0 fully saturated rings. The first-order chi connectivity index (χ1) is 6.15. The second-order valence-corrected chi connectivity index (χ2v) is 4.04. The fourth-order valence-electron chi connectivity index (χ4n) is 0.997. The Labute approximate surface area is 78.5 Å². The Hall–Kier alpha value is -1.21. The number of benzene rings is 1. The van der Waals surface area contributed by atoms with E-state index in [4.69, 9.17) is 5.26 Å². The third-order valence-corrected chi connectivity index (χ3v) is 2.28. The first-order valence-corrected chi connectivity index (χ1v) is 5.35.